The molecule has 92 valence electrons. The van der Waals surface area contributed by atoms with Crippen LogP contribution in [-0.4, -0.2) is 13.7 Å². The van der Waals surface area contributed by atoms with E-state index in [1.807, 2.05) is 6.07 Å². The van der Waals surface area contributed by atoms with Crippen LogP contribution in [0, 0.1) is 6.92 Å². The zero-order valence-electron chi connectivity index (χ0n) is 10.7. The SMILES string of the molecule is COc1ccc2c(c1)C(CN)c1cccc(C)c1-2. The number of hydrogen-bond acceptors (Lipinski definition) is 2. The minimum Gasteiger partial charge on any atom is -0.497 e. The minimum atomic E-state index is 0.296. The number of ether oxygens (including phenoxy) is 1. The lowest BCUT2D eigenvalue weighted by atomic mass is 9.96. The smallest absolute Gasteiger partial charge is 0.119 e. The Kier molecular flexibility index (Phi) is 2.60. The quantitative estimate of drug-likeness (QED) is 0.874. The third-order valence-electron chi connectivity index (χ3n) is 3.82. The van der Waals surface area contributed by atoms with E-state index in [-0.39, 0.29) is 0 Å². The van der Waals surface area contributed by atoms with Crippen LogP contribution < -0.4 is 10.5 Å². The molecule has 3 rings (SSSR count). The van der Waals surface area contributed by atoms with Gasteiger partial charge in [0, 0.05) is 12.5 Å². The summed E-state index contributed by atoms with van der Waals surface area (Å²) in [4.78, 5) is 0. The van der Waals surface area contributed by atoms with Crippen molar-refractivity contribution in [3.63, 3.8) is 0 Å². The minimum absolute atomic E-state index is 0.296. The van der Waals surface area contributed by atoms with E-state index in [4.69, 9.17) is 10.5 Å². The summed E-state index contributed by atoms with van der Waals surface area (Å²) in [6.45, 7) is 2.79. The standard InChI is InChI=1S/C16H17NO/c1-10-4-3-5-12-15(9-17)14-8-11(18-2)6-7-13(14)16(10)12/h3-8,15H,9,17H2,1-2H3. The van der Waals surface area contributed by atoms with Crippen LogP contribution in [0.25, 0.3) is 11.1 Å². The van der Waals surface area contributed by atoms with Gasteiger partial charge in [0.15, 0.2) is 0 Å². The van der Waals surface area contributed by atoms with Crippen LogP contribution in [0.5, 0.6) is 5.75 Å². The van der Waals surface area contributed by atoms with Gasteiger partial charge in [-0.05, 0) is 46.9 Å². The molecule has 0 spiro atoms. The summed E-state index contributed by atoms with van der Waals surface area (Å²) in [7, 11) is 1.70. The molecule has 1 aliphatic carbocycles. The molecule has 0 aromatic heterocycles. The lowest BCUT2D eigenvalue weighted by molar-refractivity contribution is 0.414. The molecular formula is C16H17NO. The van der Waals surface area contributed by atoms with Crippen LogP contribution in [0.1, 0.15) is 22.6 Å². The van der Waals surface area contributed by atoms with Crippen molar-refractivity contribution >= 4 is 0 Å². The Hall–Kier alpha value is -1.80. The first kappa shape index (κ1) is 11.3. The first-order chi connectivity index (χ1) is 8.76. The van der Waals surface area contributed by atoms with E-state index in [2.05, 4.69) is 37.3 Å². The van der Waals surface area contributed by atoms with Crippen LogP contribution in [-0.2, 0) is 0 Å². The molecule has 0 saturated heterocycles. The number of fused-ring (bicyclic) bond motifs is 3. The van der Waals surface area contributed by atoms with Crippen LogP contribution in [0.2, 0.25) is 0 Å². The van der Waals surface area contributed by atoms with Gasteiger partial charge in [-0.15, -0.1) is 0 Å². The average molecular weight is 239 g/mol. The summed E-state index contributed by atoms with van der Waals surface area (Å²) >= 11 is 0. The summed E-state index contributed by atoms with van der Waals surface area (Å²) in [5.74, 6) is 1.20. The maximum Gasteiger partial charge on any atom is 0.119 e. The molecule has 18 heavy (non-hydrogen) atoms. The maximum atomic E-state index is 5.96. The highest BCUT2D eigenvalue weighted by molar-refractivity contribution is 5.82. The third-order valence-corrected chi connectivity index (χ3v) is 3.82. The van der Waals surface area contributed by atoms with Crippen molar-refractivity contribution in [2.24, 2.45) is 5.73 Å². The Morgan fingerprint density at radius 1 is 1.17 bits per heavy atom. The summed E-state index contributed by atoms with van der Waals surface area (Å²) in [6.07, 6.45) is 0. The molecule has 1 atom stereocenters. The van der Waals surface area contributed by atoms with E-state index in [1.165, 1.54) is 27.8 Å². The third kappa shape index (κ3) is 1.46. The Balaban J connectivity index is 2.28. The lowest BCUT2D eigenvalue weighted by Crippen LogP contribution is -2.11. The monoisotopic (exact) mass is 239 g/mol. The van der Waals surface area contributed by atoms with Crippen molar-refractivity contribution in [3.8, 4) is 16.9 Å². The number of aryl methyl sites for hydroxylation is 1. The summed E-state index contributed by atoms with van der Waals surface area (Å²) in [5.41, 5.74) is 12.6. The Morgan fingerprint density at radius 3 is 2.72 bits per heavy atom. The van der Waals surface area contributed by atoms with Gasteiger partial charge in [-0.2, -0.15) is 0 Å². The van der Waals surface area contributed by atoms with Gasteiger partial charge in [-0.3, -0.25) is 0 Å². The van der Waals surface area contributed by atoms with Gasteiger partial charge in [0.2, 0.25) is 0 Å². The van der Waals surface area contributed by atoms with Gasteiger partial charge in [-0.25, -0.2) is 0 Å². The largest absolute Gasteiger partial charge is 0.497 e. The zero-order valence-corrected chi connectivity index (χ0v) is 10.7. The molecule has 0 fully saturated rings. The van der Waals surface area contributed by atoms with E-state index in [1.54, 1.807) is 7.11 Å². The van der Waals surface area contributed by atoms with Crippen molar-refractivity contribution in [1.29, 1.82) is 0 Å². The van der Waals surface area contributed by atoms with E-state index >= 15 is 0 Å². The van der Waals surface area contributed by atoms with E-state index in [9.17, 15) is 0 Å². The van der Waals surface area contributed by atoms with Crippen molar-refractivity contribution in [1.82, 2.24) is 0 Å². The van der Waals surface area contributed by atoms with Gasteiger partial charge < -0.3 is 10.5 Å². The van der Waals surface area contributed by atoms with Gasteiger partial charge >= 0.3 is 0 Å². The van der Waals surface area contributed by atoms with Crippen LogP contribution >= 0.6 is 0 Å². The van der Waals surface area contributed by atoms with E-state index in [0.717, 1.165) is 5.75 Å². The van der Waals surface area contributed by atoms with E-state index in [0.29, 0.717) is 12.5 Å². The van der Waals surface area contributed by atoms with Gasteiger partial charge in [0.25, 0.3) is 0 Å². The molecule has 0 aliphatic heterocycles. The van der Waals surface area contributed by atoms with Crippen molar-refractivity contribution in [2.45, 2.75) is 12.8 Å². The topological polar surface area (TPSA) is 35.2 Å². The molecule has 0 radical (unpaired) electrons. The molecule has 1 aliphatic rings. The first-order valence-corrected chi connectivity index (χ1v) is 6.24. The molecule has 2 aromatic rings. The molecule has 1 unspecified atom stereocenters. The number of benzene rings is 2. The fourth-order valence-electron chi connectivity index (χ4n) is 2.95. The highest BCUT2D eigenvalue weighted by Crippen LogP contribution is 2.46. The fourth-order valence-corrected chi connectivity index (χ4v) is 2.95. The van der Waals surface area contributed by atoms with Crippen LogP contribution in [0.3, 0.4) is 0 Å². The lowest BCUT2D eigenvalue weighted by Gasteiger charge is -2.11. The summed E-state index contributed by atoms with van der Waals surface area (Å²) < 4.78 is 5.32. The summed E-state index contributed by atoms with van der Waals surface area (Å²) in [6, 6.07) is 12.7. The van der Waals surface area contributed by atoms with E-state index < -0.39 is 0 Å². The Bertz CT molecular complexity index is 604. The number of rotatable bonds is 2. The second-order valence-electron chi connectivity index (χ2n) is 4.78. The van der Waals surface area contributed by atoms with Gasteiger partial charge in [-0.1, -0.05) is 24.3 Å². The van der Waals surface area contributed by atoms with Crippen molar-refractivity contribution < 1.29 is 4.74 Å². The molecular weight excluding hydrogens is 222 g/mol. The number of hydrogen-bond donors (Lipinski definition) is 1. The molecule has 2 aromatic carbocycles. The second kappa shape index (κ2) is 4.14. The van der Waals surface area contributed by atoms with Gasteiger partial charge in [0.1, 0.15) is 5.75 Å². The Labute approximate surface area is 107 Å². The van der Waals surface area contributed by atoms with Crippen molar-refractivity contribution in [3.05, 3.63) is 53.1 Å². The number of nitrogens with two attached hydrogens (primary N) is 1. The zero-order chi connectivity index (χ0) is 12.7. The predicted octanol–water partition coefficient (Wildman–Crippen LogP) is 3.07. The highest BCUT2D eigenvalue weighted by atomic mass is 16.5. The molecule has 0 amide bonds. The van der Waals surface area contributed by atoms with Crippen LogP contribution in [0.4, 0.5) is 0 Å². The summed E-state index contributed by atoms with van der Waals surface area (Å²) in [5, 5.41) is 0. The normalized spacial score (nSPS) is 16.3. The maximum absolute atomic E-state index is 5.96. The molecule has 2 heteroatoms. The molecule has 0 saturated carbocycles. The average Bonchev–Trinajstić information content (AvgIpc) is 2.72. The highest BCUT2D eigenvalue weighted by Gasteiger charge is 2.28. The number of methoxy groups -OCH3 is 1. The molecule has 0 bridgehead atoms. The fraction of sp³-hybridized carbons (Fsp3) is 0.250. The van der Waals surface area contributed by atoms with Crippen molar-refractivity contribution in [2.75, 3.05) is 13.7 Å². The molecule has 2 N–H and O–H groups in total. The molecule has 0 heterocycles. The van der Waals surface area contributed by atoms with Gasteiger partial charge in [0.05, 0.1) is 7.11 Å². The predicted molar refractivity (Wildman–Crippen MR) is 74.1 cm³/mol. The molecule has 2 nitrogen and oxygen atoms in total. The second-order valence-corrected chi connectivity index (χ2v) is 4.78. The first-order valence-electron chi connectivity index (χ1n) is 6.24. The van der Waals surface area contributed by atoms with Crippen LogP contribution in [0.15, 0.2) is 36.4 Å². The Morgan fingerprint density at radius 2 is 2.00 bits per heavy atom.